The first-order valence-electron chi connectivity index (χ1n) is 13.4. The lowest BCUT2D eigenvalue weighted by molar-refractivity contribution is -0.181. The maximum absolute atomic E-state index is 14.7. The third-order valence-corrected chi connectivity index (χ3v) is 10.9. The van der Waals surface area contributed by atoms with Crippen molar-refractivity contribution in [1.29, 1.82) is 0 Å². The number of allylic oxidation sites excluding steroid dienone is 1. The summed E-state index contributed by atoms with van der Waals surface area (Å²) in [6.07, 6.45) is -3.87. The van der Waals surface area contributed by atoms with Gasteiger partial charge in [-0.05, 0) is 12.1 Å². The fourth-order valence-electron chi connectivity index (χ4n) is 9.71. The molecule has 0 heterocycles. The molecule has 13 nitrogen and oxygen atoms in total. The van der Waals surface area contributed by atoms with Crippen molar-refractivity contribution in [3.8, 4) is 23.0 Å². The van der Waals surface area contributed by atoms with Crippen molar-refractivity contribution < 1.29 is 64.1 Å². The molecule has 2 aromatic carbocycles. The van der Waals surface area contributed by atoms with Gasteiger partial charge >= 0.3 is 0 Å². The van der Waals surface area contributed by atoms with Crippen molar-refractivity contribution >= 4 is 34.7 Å². The Morgan fingerprint density at radius 1 is 0.698 bits per heavy atom. The number of methoxy groups -OCH3 is 2. The van der Waals surface area contributed by atoms with E-state index in [0.29, 0.717) is 0 Å². The van der Waals surface area contributed by atoms with E-state index in [1.807, 2.05) is 0 Å². The quantitative estimate of drug-likeness (QED) is 0.248. The summed E-state index contributed by atoms with van der Waals surface area (Å²) in [5.74, 6) is -16.3. The summed E-state index contributed by atoms with van der Waals surface area (Å²) in [6, 6.07) is 4.29. The lowest BCUT2D eigenvalue weighted by Crippen LogP contribution is -2.78. The summed E-state index contributed by atoms with van der Waals surface area (Å²) in [5.41, 5.74) is -11.5. The predicted molar refractivity (Wildman–Crippen MR) is 138 cm³/mol. The number of Topliss-reactive ketones (excluding diaryl/α,β-unsaturated/α-hetero) is 5. The summed E-state index contributed by atoms with van der Waals surface area (Å²) in [7, 11) is 2.45. The SMILES string of the molecule is COc1cc(O)c2c(c1)C(=O)[C@@]13[C@H]4[C@H](O)[C@H](C(=O)[C@@]1(O)C2=O)C12C(=O)c5cc(OC)cc(O)c5C(O)=C1C(=O)[C@H]3[C@@H](O)[C@H]42. The Hall–Kier alpha value is -4.59. The summed E-state index contributed by atoms with van der Waals surface area (Å²) in [6.45, 7) is 0. The molecule has 6 aliphatic rings. The van der Waals surface area contributed by atoms with Crippen LogP contribution in [-0.4, -0.2) is 91.6 Å². The van der Waals surface area contributed by atoms with Crippen molar-refractivity contribution in [3.05, 3.63) is 52.1 Å². The number of aromatic hydroxyl groups is 2. The third-order valence-electron chi connectivity index (χ3n) is 10.9. The van der Waals surface area contributed by atoms with Gasteiger partial charge in [-0.1, -0.05) is 0 Å². The van der Waals surface area contributed by atoms with Gasteiger partial charge in [0, 0.05) is 35.1 Å². The number of carbonyl (C=O) groups is 5. The van der Waals surface area contributed by atoms with E-state index in [9.17, 15) is 54.6 Å². The van der Waals surface area contributed by atoms with Gasteiger partial charge in [0.05, 0.1) is 65.8 Å². The van der Waals surface area contributed by atoms with Gasteiger partial charge in [-0.2, -0.15) is 0 Å². The Morgan fingerprint density at radius 3 is 1.81 bits per heavy atom. The zero-order chi connectivity index (χ0) is 30.9. The van der Waals surface area contributed by atoms with Crippen molar-refractivity contribution in [1.82, 2.24) is 0 Å². The average molecular weight is 590 g/mol. The van der Waals surface area contributed by atoms with Gasteiger partial charge in [0.1, 0.15) is 28.8 Å². The smallest absolute Gasteiger partial charge is 0.207 e. The number of aliphatic hydroxyl groups excluding tert-OH is 3. The highest BCUT2D eigenvalue weighted by Gasteiger charge is 2.94. The normalized spacial score (nSPS) is 39.5. The standard InChI is InChI=1S/C30H22O13/c1-42-7-3-9-13(11(31)5-7)20(33)17-23(36)18-21(34)15-16-22(35)19(28(15,17)24(9)37)27(40)30(41)26(39)14-10(25(38)29(16,18)30)4-8(43-2)6-12(14)32/h3-6,15-16,18-19,21-22,31-35,41H,1-2H3/t15-,16+,18+,19+,21-,22-,28?,29-,30-/m0/s1. The number of ether oxygens (including phenoxy) is 2. The highest BCUT2D eigenvalue weighted by molar-refractivity contribution is 6.36. The first kappa shape index (κ1) is 26.1. The van der Waals surface area contributed by atoms with Crippen LogP contribution in [0.15, 0.2) is 29.8 Å². The molecule has 43 heavy (non-hydrogen) atoms. The summed E-state index contributed by atoms with van der Waals surface area (Å²) >= 11 is 0. The molecular formula is C30H22O13. The van der Waals surface area contributed by atoms with Crippen LogP contribution in [0.3, 0.4) is 0 Å². The van der Waals surface area contributed by atoms with Crippen molar-refractivity contribution in [2.45, 2.75) is 17.8 Å². The largest absolute Gasteiger partial charge is 0.507 e. The highest BCUT2D eigenvalue weighted by atomic mass is 16.5. The predicted octanol–water partition coefficient (Wildman–Crippen LogP) is -0.257. The van der Waals surface area contributed by atoms with Crippen LogP contribution >= 0.6 is 0 Å². The number of hydrogen-bond donors (Lipinski definition) is 6. The van der Waals surface area contributed by atoms with Crippen LogP contribution in [0.5, 0.6) is 23.0 Å². The van der Waals surface area contributed by atoms with Gasteiger partial charge in [0.25, 0.3) is 0 Å². The van der Waals surface area contributed by atoms with E-state index in [2.05, 4.69) is 0 Å². The number of phenolic OH excluding ortho intramolecular Hbond substituents is 2. The number of carbonyl (C=O) groups excluding carboxylic acids is 5. The van der Waals surface area contributed by atoms with Gasteiger partial charge in [-0.15, -0.1) is 0 Å². The molecule has 0 amide bonds. The van der Waals surface area contributed by atoms with E-state index < -0.39 is 126 Å². The van der Waals surface area contributed by atoms with Crippen LogP contribution in [0.1, 0.15) is 36.6 Å². The number of ketones is 5. The third kappa shape index (κ3) is 2.19. The van der Waals surface area contributed by atoms with Gasteiger partial charge in [-0.25, -0.2) is 0 Å². The van der Waals surface area contributed by atoms with Crippen LogP contribution in [-0.2, 0) is 9.59 Å². The lowest BCUT2D eigenvalue weighted by Gasteiger charge is -2.58. The fourth-order valence-corrected chi connectivity index (χ4v) is 9.71. The molecule has 0 saturated heterocycles. The molecule has 13 heteroatoms. The molecule has 2 spiro atoms. The van der Waals surface area contributed by atoms with Crippen LogP contribution in [0.4, 0.5) is 0 Å². The van der Waals surface area contributed by atoms with E-state index in [1.165, 1.54) is 14.2 Å². The van der Waals surface area contributed by atoms with E-state index in [4.69, 9.17) is 9.47 Å². The van der Waals surface area contributed by atoms with Crippen LogP contribution in [0.2, 0.25) is 0 Å². The molecule has 6 aliphatic carbocycles. The minimum absolute atomic E-state index is 0.0360. The average Bonchev–Trinajstić information content (AvgIpc) is 3.34. The monoisotopic (exact) mass is 590 g/mol. The molecule has 2 aromatic rings. The number of fused-ring (bicyclic) bond motifs is 4. The Kier molecular flexibility index (Phi) is 4.43. The Labute approximate surface area is 240 Å². The first-order valence-corrected chi connectivity index (χ1v) is 13.4. The Bertz CT molecular complexity index is 1870. The van der Waals surface area contributed by atoms with Crippen LogP contribution < -0.4 is 9.47 Å². The minimum Gasteiger partial charge on any atom is -0.507 e. The zero-order valence-electron chi connectivity index (χ0n) is 22.3. The topological polar surface area (TPSA) is 225 Å². The van der Waals surface area contributed by atoms with E-state index in [1.54, 1.807) is 0 Å². The van der Waals surface area contributed by atoms with E-state index in [0.717, 1.165) is 24.3 Å². The number of benzene rings is 2. The second-order valence-electron chi connectivity index (χ2n) is 12.0. The fraction of sp³-hybridized carbons (Fsp3) is 0.367. The van der Waals surface area contributed by atoms with E-state index >= 15 is 0 Å². The molecule has 0 radical (unpaired) electrons. The second kappa shape index (κ2) is 7.30. The summed E-state index contributed by atoms with van der Waals surface area (Å²) in [5, 5.41) is 68.9. The highest BCUT2D eigenvalue weighted by Crippen LogP contribution is 2.81. The molecule has 4 saturated carbocycles. The molecular weight excluding hydrogens is 568 g/mol. The van der Waals surface area contributed by atoms with Gasteiger partial charge in [0.15, 0.2) is 23.1 Å². The minimum atomic E-state index is -3.38. The number of aliphatic hydroxyl groups is 4. The van der Waals surface area contributed by atoms with Crippen LogP contribution in [0, 0.1) is 34.5 Å². The molecule has 0 aliphatic heterocycles. The first-order chi connectivity index (χ1) is 20.3. The van der Waals surface area contributed by atoms with Gasteiger partial charge in [0.2, 0.25) is 11.4 Å². The van der Waals surface area contributed by atoms with Crippen molar-refractivity contribution in [2.24, 2.45) is 34.5 Å². The molecule has 0 aromatic heterocycles. The zero-order valence-corrected chi connectivity index (χ0v) is 22.3. The molecule has 4 bridgehead atoms. The Morgan fingerprint density at radius 2 is 1.23 bits per heavy atom. The Balaban J connectivity index is 1.53. The maximum Gasteiger partial charge on any atom is 0.207 e. The molecule has 8 rings (SSSR count). The van der Waals surface area contributed by atoms with E-state index in [-0.39, 0.29) is 11.5 Å². The molecule has 4 fully saturated rings. The molecule has 9 atom stereocenters. The van der Waals surface area contributed by atoms with Crippen LogP contribution in [0.25, 0.3) is 5.76 Å². The molecule has 1 unspecified atom stereocenters. The number of phenols is 2. The van der Waals surface area contributed by atoms with Crippen molar-refractivity contribution in [3.63, 3.8) is 0 Å². The van der Waals surface area contributed by atoms with Gasteiger partial charge in [-0.3, -0.25) is 24.0 Å². The summed E-state index contributed by atoms with van der Waals surface area (Å²) < 4.78 is 10.3. The maximum atomic E-state index is 14.7. The second-order valence-corrected chi connectivity index (χ2v) is 12.0. The van der Waals surface area contributed by atoms with Gasteiger partial charge < -0.3 is 40.1 Å². The molecule has 6 N–H and O–H groups in total. The van der Waals surface area contributed by atoms with Crippen molar-refractivity contribution in [2.75, 3.05) is 14.2 Å². The number of rotatable bonds is 2. The lowest BCUT2D eigenvalue weighted by atomic mass is 9.42. The summed E-state index contributed by atoms with van der Waals surface area (Å²) in [4.78, 5) is 72.5. The molecule has 220 valence electrons. The number of hydrogen-bond acceptors (Lipinski definition) is 13.